The first kappa shape index (κ1) is 17.9. The van der Waals surface area contributed by atoms with Crippen LogP contribution in [0.3, 0.4) is 0 Å². The fraction of sp³-hybridized carbons (Fsp3) is 0.778. The van der Waals surface area contributed by atoms with Gasteiger partial charge in [0.25, 0.3) is 3.12 Å². The van der Waals surface area contributed by atoms with Gasteiger partial charge in [0.05, 0.1) is 4.75 Å². The van der Waals surface area contributed by atoms with Crippen LogP contribution in [0.5, 0.6) is 0 Å². The van der Waals surface area contributed by atoms with Crippen LogP contribution >= 0.6 is 70.3 Å². The number of oxime groups is 1. The van der Waals surface area contributed by atoms with Crippen molar-refractivity contribution in [2.24, 2.45) is 5.16 Å². The molecule has 1 amide bonds. The third-order valence-corrected chi connectivity index (χ3v) is 6.23. The minimum absolute atomic E-state index is 0.149. The maximum absolute atomic E-state index is 11.7. The summed E-state index contributed by atoms with van der Waals surface area (Å²) in [6.45, 7) is 4.08. The quantitative estimate of drug-likeness (QED) is 0.301. The molecule has 110 valence electrons. The predicted octanol–water partition coefficient (Wildman–Crippen LogP) is 4.60. The molecule has 0 spiro atoms. The normalized spacial score (nSPS) is 21.3. The van der Waals surface area contributed by atoms with Crippen LogP contribution < -0.4 is 0 Å². The fourth-order valence-electron chi connectivity index (χ4n) is 1.14. The van der Waals surface area contributed by atoms with Gasteiger partial charge in [0, 0.05) is 30.5 Å². The Kier molecular flexibility index (Phi) is 6.81. The summed E-state index contributed by atoms with van der Waals surface area (Å²) in [5.41, 5.74) is 0. The highest BCUT2D eigenvalue weighted by Gasteiger charge is 2.32. The molecule has 0 aliphatic carbocycles. The molecular weight excluding hydrogens is 371 g/mol. The van der Waals surface area contributed by atoms with Gasteiger partial charge in [-0.3, -0.25) is 4.84 Å². The molecule has 0 unspecified atom stereocenters. The molecule has 10 heteroatoms. The molecule has 0 N–H and O–H groups in total. The molecule has 1 rings (SSSR count). The number of halogens is 3. The SMILES string of the molecule is CN(SC(Cl)(Cl)Cl)C(=O)ON=C1SCCSC1(C)C. The minimum atomic E-state index is -1.62. The summed E-state index contributed by atoms with van der Waals surface area (Å²) in [4.78, 5) is 16.5. The molecule has 1 saturated heterocycles. The van der Waals surface area contributed by atoms with Crippen LogP contribution in [0.15, 0.2) is 5.16 Å². The molecule has 0 saturated carbocycles. The summed E-state index contributed by atoms with van der Waals surface area (Å²) >= 11 is 20.8. The topological polar surface area (TPSA) is 41.9 Å². The molecule has 19 heavy (non-hydrogen) atoms. The van der Waals surface area contributed by atoms with Crippen molar-refractivity contribution in [3.05, 3.63) is 0 Å². The van der Waals surface area contributed by atoms with Crippen LogP contribution in [0.1, 0.15) is 13.8 Å². The smallest absolute Gasteiger partial charge is 0.296 e. The highest BCUT2D eigenvalue weighted by molar-refractivity contribution is 8.19. The Morgan fingerprint density at radius 2 is 2.11 bits per heavy atom. The molecule has 0 atom stereocenters. The van der Waals surface area contributed by atoms with E-state index in [2.05, 4.69) is 5.16 Å². The van der Waals surface area contributed by atoms with Crippen molar-refractivity contribution in [3.8, 4) is 0 Å². The summed E-state index contributed by atoms with van der Waals surface area (Å²) in [5, 5.41) is 4.69. The summed E-state index contributed by atoms with van der Waals surface area (Å²) in [5.74, 6) is 2.00. The number of nitrogens with zero attached hydrogens (tertiary/aromatic N) is 2. The van der Waals surface area contributed by atoms with E-state index in [1.54, 1.807) is 23.5 Å². The van der Waals surface area contributed by atoms with Gasteiger partial charge in [0.1, 0.15) is 5.04 Å². The van der Waals surface area contributed by atoms with Gasteiger partial charge in [-0.2, -0.15) is 0 Å². The number of carbonyl (C=O) groups excluding carboxylic acids is 1. The Labute approximate surface area is 140 Å². The van der Waals surface area contributed by atoms with Gasteiger partial charge >= 0.3 is 6.09 Å². The van der Waals surface area contributed by atoms with Crippen molar-refractivity contribution in [2.75, 3.05) is 18.6 Å². The number of carbonyl (C=O) groups is 1. The maximum Gasteiger partial charge on any atom is 0.445 e. The highest BCUT2D eigenvalue weighted by Crippen LogP contribution is 2.40. The lowest BCUT2D eigenvalue weighted by atomic mass is 10.2. The number of hydrogen-bond donors (Lipinski definition) is 0. The van der Waals surface area contributed by atoms with Gasteiger partial charge in [-0.1, -0.05) is 40.0 Å². The maximum atomic E-state index is 11.7. The highest BCUT2D eigenvalue weighted by atomic mass is 35.6. The van der Waals surface area contributed by atoms with Gasteiger partial charge in [-0.25, -0.2) is 9.10 Å². The zero-order valence-corrected chi connectivity index (χ0v) is 15.2. The van der Waals surface area contributed by atoms with Crippen molar-refractivity contribution < 1.29 is 9.63 Å². The number of rotatable bonds is 2. The Bertz CT molecular complexity index is 374. The van der Waals surface area contributed by atoms with E-state index in [9.17, 15) is 4.79 Å². The van der Waals surface area contributed by atoms with Gasteiger partial charge in [0.2, 0.25) is 0 Å². The zero-order chi connectivity index (χ0) is 14.7. The molecule has 1 aliphatic heterocycles. The molecule has 0 aromatic rings. The van der Waals surface area contributed by atoms with E-state index in [4.69, 9.17) is 39.6 Å². The molecular formula is C9H13Cl3N2O2S3. The third-order valence-electron chi connectivity index (χ3n) is 2.00. The Balaban J connectivity index is 2.57. The molecule has 1 heterocycles. The van der Waals surface area contributed by atoms with Crippen molar-refractivity contribution in [1.29, 1.82) is 0 Å². The van der Waals surface area contributed by atoms with Crippen LogP contribution in [0, 0.1) is 0 Å². The summed E-state index contributed by atoms with van der Waals surface area (Å²) in [6.07, 6.45) is -0.684. The van der Waals surface area contributed by atoms with E-state index in [1.807, 2.05) is 13.8 Å². The lowest BCUT2D eigenvalue weighted by Crippen LogP contribution is -2.31. The second kappa shape index (κ2) is 7.22. The van der Waals surface area contributed by atoms with Gasteiger partial charge < -0.3 is 0 Å². The zero-order valence-electron chi connectivity index (χ0n) is 10.5. The van der Waals surface area contributed by atoms with E-state index >= 15 is 0 Å². The molecule has 0 aromatic heterocycles. The van der Waals surface area contributed by atoms with E-state index < -0.39 is 9.22 Å². The van der Waals surface area contributed by atoms with Crippen LogP contribution in [0.2, 0.25) is 0 Å². The Morgan fingerprint density at radius 1 is 1.47 bits per heavy atom. The lowest BCUT2D eigenvalue weighted by molar-refractivity contribution is 0.137. The fourth-order valence-corrected chi connectivity index (χ4v) is 4.81. The van der Waals surface area contributed by atoms with Crippen LogP contribution in [0.25, 0.3) is 0 Å². The molecule has 4 nitrogen and oxygen atoms in total. The standard InChI is InChI=1S/C9H13Cl3N2O2S3/c1-8(2)6(17-4-5-18-8)13-16-7(15)14(3)19-9(10,11)12/h4-5H2,1-3H3. The van der Waals surface area contributed by atoms with Crippen LogP contribution in [-0.4, -0.2) is 41.9 Å². The van der Waals surface area contributed by atoms with E-state index in [0.717, 1.165) is 32.8 Å². The average molecular weight is 384 g/mol. The monoisotopic (exact) mass is 382 g/mol. The largest absolute Gasteiger partial charge is 0.445 e. The van der Waals surface area contributed by atoms with E-state index in [-0.39, 0.29) is 4.75 Å². The van der Waals surface area contributed by atoms with Crippen LogP contribution in [0.4, 0.5) is 4.79 Å². The minimum Gasteiger partial charge on any atom is -0.296 e. The second-order valence-corrected chi connectivity index (χ2v) is 11.1. The molecule has 0 aromatic carbocycles. The number of amides is 1. The van der Waals surface area contributed by atoms with Gasteiger partial charge in [-0.15, -0.1) is 23.5 Å². The first-order valence-corrected chi connectivity index (χ1v) is 9.05. The predicted molar refractivity (Wildman–Crippen MR) is 88.6 cm³/mol. The van der Waals surface area contributed by atoms with Crippen molar-refractivity contribution in [2.45, 2.75) is 21.7 Å². The third kappa shape index (κ3) is 6.44. The molecule has 1 fully saturated rings. The molecule has 0 radical (unpaired) electrons. The molecule has 0 bridgehead atoms. The Hall–Kier alpha value is 0.860. The first-order valence-electron chi connectivity index (χ1n) is 5.17. The summed E-state index contributed by atoms with van der Waals surface area (Å²) < 4.78 is -0.676. The first-order chi connectivity index (χ1) is 8.62. The van der Waals surface area contributed by atoms with Crippen molar-refractivity contribution in [1.82, 2.24) is 4.31 Å². The van der Waals surface area contributed by atoms with Crippen LogP contribution in [-0.2, 0) is 4.84 Å². The van der Waals surface area contributed by atoms with E-state index in [0.29, 0.717) is 0 Å². The van der Waals surface area contributed by atoms with Gasteiger partial charge in [-0.05, 0) is 13.8 Å². The average Bonchev–Trinajstić information content (AvgIpc) is 2.24. The lowest BCUT2D eigenvalue weighted by Gasteiger charge is -2.29. The van der Waals surface area contributed by atoms with Gasteiger partial charge in [0.15, 0.2) is 0 Å². The second-order valence-electron chi connectivity index (χ2n) is 4.00. The number of hydrogen-bond acceptors (Lipinski definition) is 6. The number of thioether (sulfide) groups is 2. The van der Waals surface area contributed by atoms with E-state index in [1.165, 1.54) is 7.05 Å². The number of alkyl halides is 3. The summed E-state index contributed by atoms with van der Waals surface area (Å²) in [6, 6.07) is 0. The Morgan fingerprint density at radius 3 is 2.63 bits per heavy atom. The van der Waals surface area contributed by atoms with Crippen molar-refractivity contribution >= 4 is 81.4 Å². The summed E-state index contributed by atoms with van der Waals surface area (Å²) in [7, 11) is 1.45. The van der Waals surface area contributed by atoms with Crippen molar-refractivity contribution in [3.63, 3.8) is 0 Å². The molecule has 1 aliphatic rings.